The van der Waals surface area contributed by atoms with Crippen molar-refractivity contribution >= 4 is 17.7 Å². The number of aromatic nitrogens is 4. The van der Waals surface area contributed by atoms with Gasteiger partial charge in [0, 0.05) is 19.3 Å². The summed E-state index contributed by atoms with van der Waals surface area (Å²) in [6.07, 6.45) is 3.94. The number of pyridine rings is 1. The van der Waals surface area contributed by atoms with E-state index in [1.54, 1.807) is 6.20 Å². The molecule has 0 aliphatic carbocycles. The largest absolute Gasteiger partial charge is 0.342 e. The molecule has 7 heteroatoms. The van der Waals surface area contributed by atoms with Crippen molar-refractivity contribution in [3.63, 3.8) is 0 Å². The third-order valence-electron chi connectivity index (χ3n) is 4.90. The number of aryl methyl sites for hydroxylation is 2. The van der Waals surface area contributed by atoms with Gasteiger partial charge in [0.15, 0.2) is 11.0 Å². The SMILES string of the molecule is Cc1ccc(-n2c(SCC(=O)N3CCCC3)nnc2-c2ccccn2)c(C)c1. The number of amides is 1. The molecular weight excluding hydrogens is 370 g/mol. The monoisotopic (exact) mass is 393 g/mol. The Bertz CT molecular complexity index is 980. The molecule has 0 bridgehead atoms. The molecule has 1 aliphatic rings. The minimum atomic E-state index is 0.164. The topological polar surface area (TPSA) is 63.9 Å². The third-order valence-corrected chi connectivity index (χ3v) is 5.82. The maximum Gasteiger partial charge on any atom is 0.233 e. The van der Waals surface area contributed by atoms with Gasteiger partial charge in [0.1, 0.15) is 5.69 Å². The fourth-order valence-electron chi connectivity index (χ4n) is 3.48. The van der Waals surface area contributed by atoms with Crippen LogP contribution in [0, 0.1) is 13.8 Å². The highest BCUT2D eigenvalue weighted by Gasteiger charge is 2.22. The molecular formula is C21H23N5OS. The van der Waals surface area contributed by atoms with E-state index >= 15 is 0 Å². The summed E-state index contributed by atoms with van der Waals surface area (Å²) in [5, 5.41) is 9.51. The van der Waals surface area contributed by atoms with Crippen LogP contribution in [0.1, 0.15) is 24.0 Å². The molecule has 28 heavy (non-hydrogen) atoms. The Morgan fingerprint density at radius 2 is 1.93 bits per heavy atom. The number of likely N-dealkylation sites (tertiary alicyclic amines) is 1. The van der Waals surface area contributed by atoms with Crippen molar-refractivity contribution in [1.82, 2.24) is 24.6 Å². The molecule has 144 valence electrons. The Morgan fingerprint density at radius 3 is 2.64 bits per heavy atom. The summed E-state index contributed by atoms with van der Waals surface area (Å²) in [4.78, 5) is 18.9. The van der Waals surface area contributed by atoms with Crippen LogP contribution < -0.4 is 0 Å². The second-order valence-electron chi connectivity index (χ2n) is 7.02. The number of rotatable bonds is 5. The predicted molar refractivity (Wildman–Crippen MR) is 111 cm³/mol. The van der Waals surface area contributed by atoms with Gasteiger partial charge in [-0.1, -0.05) is 35.5 Å². The highest BCUT2D eigenvalue weighted by atomic mass is 32.2. The standard InChI is InChI=1S/C21H23N5OS/c1-15-8-9-18(16(2)13-15)26-20(17-7-3-4-10-22-17)23-24-21(26)28-14-19(27)25-11-5-6-12-25/h3-4,7-10,13H,5-6,11-12,14H2,1-2H3. The van der Waals surface area contributed by atoms with E-state index in [1.807, 2.05) is 27.7 Å². The van der Waals surface area contributed by atoms with E-state index in [4.69, 9.17) is 0 Å². The van der Waals surface area contributed by atoms with Gasteiger partial charge in [0.2, 0.25) is 5.91 Å². The highest BCUT2D eigenvalue weighted by Crippen LogP contribution is 2.29. The van der Waals surface area contributed by atoms with E-state index in [-0.39, 0.29) is 5.91 Å². The normalized spacial score (nSPS) is 13.9. The summed E-state index contributed by atoms with van der Waals surface area (Å²) in [5.74, 6) is 1.21. The maximum absolute atomic E-state index is 12.5. The quantitative estimate of drug-likeness (QED) is 0.619. The van der Waals surface area contributed by atoms with Crippen LogP contribution in [0.5, 0.6) is 0 Å². The van der Waals surface area contributed by atoms with Gasteiger partial charge in [-0.05, 0) is 50.5 Å². The Kier molecular flexibility index (Phi) is 5.43. The lowest BCUT2D eigenvalue weighted by atomic mass is 10.1. The molecule has 1 aromatic carbocycles. The van der Waals surface area contributed by atoms with E-state index < -0.39 is 0 Å². The number of thioether (sulfide) groups is 1. The molecule has 2 aromatic heterocycles. The van der Waals surface area contributed by atoms with Gasteiger partial charge in [-0.2, -0.15) is 0 Å². The van der Waals surface area contributed by atoms with Crippen molar-refractivity contribution in [2.24, 2.45) is 0 Å². The molecule has 1 saturated heterocycles. The van der Waals surface area contributed by atoms with Gasteiger partial charge in [-0.15, -0.1) is 10.2 Å². The molecule has 1 fully saturated rings. The number of benzene rings is 1. The van der Waals surface area contributed by atoms with E-state index in [0.717, 1.165) is 42.9 Å². The highest BCUT2D eigenvalue weighted by molar-refractivity contribution is 7.99. The van der Waals surface area contributed by atoms with E-state index in [0.29, 0.717) is 16.7 Å². The Balaban J connectivity index is 1.70. The van der Waals surface area contributed by atoms with Crippen molar-refractivity contribution in [2.75, 3.05) is 18.8 Å². The fourth-order valence-corrected chi connectivity index (χ4v) is 4.33. The zero-order valence-electron chi connectivity index (χ0n) is 16.1. The van der Waals surface area contributed by atoms with Crippen molar-refractivity contribution in [3.8, 4) is 17.2 Å². The fraction of sp³-hybridized carbons (Fsp3) is 0.333. The second kappa shape index (κ2) is 8.14. The number of nitrogens with zero attached hydrogens (tertiary/aromatic N) is 5. The number of hydrogen-bond donors (Lipinski definition) is 0. The minimum absolute atomic E-state index is 0.164. The van der Waals surface area contributed by atoms with Crippen LogP contribution in [0.2, 0.25) is 0 Å². The first-order chi connectivity index (χ1) is 13.6. The maximum atomic E-state index is 12.5. The van der Waals surface area contributed by atoms with Gasteiger partial charge in [-0.25, -0.2) is 0 Å². The van der Waals surface area contributed by atoms with Crippen molar-refractivity contribution in [2.45, 2.75) is 31.8 Å². The smallest absolute Gasteiger partial charge is 0.233 e. The summed E-state index contributed by atoms with van der Waals surface area (Å²) in [6.45, 7) is 5.88. The second-order valence-corrected chi connectivity index (χ2v) is 7.97. The molecule has 6 nitrogen and oxygen atoms in total. The molecule has 1 aliphatic heterocycles. The van der Waals surface area contributed by atoms with Crippen LogP contribution in [0.15, 0.2) is 47.8 Å². The van der Waals surface area contributed by atoms with Gasteiger partial charge < -0.3 is 4.90 Å². The summed E-state index contributed by atoms with van der Waals surface area (Å²) in [7, 11) is 0. The lowest BCUT2D eigenvalue weighted by molar-refractivity contribution is -0.127. The molecule has 0 atom stereocenters. The molecule has 0 spiro atoms. The van der Waals surface area contributed by atoms with Crippen LogP contribution in [0.25, 0.3) is 17.2 Å². The molecule has 0 radical (unpaired) electrons. The average molecular weight is 394 g/mol. The lowest BCUT2D eigenvalue weighted by Crippen LogP contribution is -2.29. The summed E-state index contributed by atoms with van der Waals surface area (Å²) < 4.78 is 2.01. The average Bonchev–Trinajstić information content (AvgIpc) is 3.37. The summed E-state index contributed by atoms with van der Waals surface area (Å²) in [6, 6.07) is 12.0. The molecule has 3 aromatic rings. The first-order valence-electron chi connectivity index (χ1n) is 9.48. The van der Waals surface area contributed by atoms with Crippen molar-refractivity contribution < 1.29 is 4.79 Å². The Morgan fingerprint density at radius 1 is 1.11 bits per heavy atom. The zero-order chi connectivity index (χ0) is 19.5. The lowest BCUT2D eigenvalue weighted by Gasteiger charge is -2.16. The van der Waals surface area contributed by atoms with Crippen LogP contribution in [0.4, 0.5) is 0 Å². The molecule has 4 rings (SSSR count). The number of carbonyl (C=O) groups is 1. The van der Waals surface area contributed by atoms with E-state index in [2.05, 4.69) is 47.2 Å². The van der Waals surface area contributed by atoms with Crippen molar-refractivity contribution in [1.29, 1.82) is 0 Å². The van der Waals surface area contributed by atoms with Crippen LogP contribution in [-0.2, 0) is 4.79 Å². The van der Waals surface area contributed by atoms with Gasteiger partial charge in [-0.3, -0.25) is 14.3 Å². The van der Waals surface area contributed by atoms with Gasteiger partial charge >= 0.3 is 0 Å². The summed E-state index contributed by atoms with van der Waals surface area (Å²) >= 11 is 1.44. The molecule has 0 N–H and O–H groups in total. The summed E-state index contributed by atoms with van der Waals surface area (Å²) in [5.41, 5.74) is 4.09. The molecule has 0 saturated carbocycles. The minimum Gasteiger partial charge on any atom is -0.342 e. The van der Waals surface area contributed by atoms with E-state index in [9.17, 15) is 4.79 Å². The van der Waals surface area contributed by atoms with Crippen LogP contribution in [-0.4, -0.2) is 49.4 Å². The molecule has 3 heterocycles. The Labute approximate surface area is 169 Å². The van der Waals surface area contributed by atoms with E-state index in [1.165, 1.54) is 17.3 Å². The molecule has 0 unspecified atom stereocenters. The Hall–Kier alpha value is -2.67. The van der Waals surface area contributed by atoms with Crippen LogP contribution in [0.3, 0.4) is 0 Å². The van der Waals surface area contributed by atoms with Gasteiger partial charge in [0.05, 0.1) is 11.4 Å². The first kappa shape index (κ1) is 18.7. The first-order valence-corrected chi connectivity index (χ1v) is 10.5. The zero-order valence-corrected chi connectivity index (χ0v) is 16.9. The number of hydrogen-bond acceptors (Lipinski definition) is 5. The molecule has 1 amide bonds. The van der Waals surface area contributed by atoms with Gasteiger partial charge in [0.25, 0.3) is 0 Å². The predicted octanol–water partition coefficient (Wildman–Crippen LogP) is 3.66. The van der Waals surface area contributed by atoms with Crippen molar-refractivity contribution in [3.05, 3.63) is 53.7 Å². The van der Waals surface area contributed by atoms with Crippen LogP contribution >= 0.6 is 11.8 Å². The number of carbonyl (C=O) groups excluding carboxylic acids is 1. The third kappa shape index (κ3) is 3.80.